The third kappa shape index (κ3) is 5.12. The molecule has 104 valence electrons. The summed E-state index contributed by atoms with van der Waals surface area (Å²) in [4.78, 5) is 24.6. The minimum absolute atomic E-state index is 0.00906. The summed E-state index contributed by atoms with van der Waals surface area (Å²) >= 11 is 0. The molecular weight excluding hydrogens is 242 g/mol. The standard InChI is InChI=1S/C15H21NO3/c1-3-12(2)16(10-9-15(18)19)14(17)11-13-7-5-4-6-8-13/h4-8,12H,3,9-11H2,1-2H3,(H,18,19). The van der Waals surface area contributed by atoms with Crippen LogP contribution in [0.2, 0.25) is 0 Å². The molecular formula is C15H21NO3. The maximum atomic E-state index is 12.3. The van der Waals surface area contributed by atoms with Gasteiger partial charge in [0.15, 0.2) is 0 Å². The number of hydrogen-bond donors (Lipinski definition) is 1. The molecule has 4 heteroatoms. The highest BCUT2D eigenvalue weighted by Gasteiger charge is 2.19. The van der Waals surface area contributed by atoms with E-state index in [2.05, 4.69) is 0 Å². The number of rotatable bonds is 7. The molecule has 0 heterocycles. The van der Waals surface area contributed by atoms with Crippen LogP contribution in [0.5, 0.6) is 0 Å². The second-order valence-electron chi connectivity index (χ2n) is 4.65. The van der Waals surface area contributed by atoms with Crippen molar-refractivity contribution in [3.8, 4) is 0 Å². The fourth-order valence-corrected chi connectivity index (χ4v) is 1.90. The Bertz CT molecular complexity index is 417. The van der Waals surface area contributed by atoms with Crippen molar-refractivity contribution in [3.63, 3.8) is 0 Å². The summed E-state index contributed by atoms with van der Waals surface area (Å²) in [5, 5.41) is 8.75. The van der Waals surface area contributed by atoms with E-state index in [-0.39, 0.29) is 24.9 Å². The van der Waals surface area contributed by atoms with E-state index in [0.29, 0.717) is 6.42 Å². The van der Waals surface area contributed by atoms with Crippen LogP contribution in [0.4, 0.5) is 0 Å². The van der Waals surface area contributed by atoms with Crippen LogP contribution < -0.4 is 0 Å². The summed E-state index contributed by atoms with van der Waals surface area (Å²) < 4.78 is 0. The SMILES string of the molecule is CCC(C)N(CCC(=O)O)C(=O)Cc1ccccc1. The molecule has 0 spiro atoms. The van der Waals surface area contributed by atoms with Crippen LogP contribution in [0.25, 0.3) is 0 Å². The molecule has 0 aliphatic rings. The van der Waals surface area contributed by atoms with E-state index in [9.17, 15) is 9.59 Å². The van der Waals surface area contributed by atoms with Crippen molar-refractivity contribution in [1.29, 1.82) is 0 Å². The molecule has 0 aromatic heterocycles. The van der Waals surface area contributed by atoms with Crippen LogP contribution in [0.3, 0.4) is 0 Å². The molecule has 1 amide bonds. The number of aliphatic carboxylic acids is 1. The molecule has 0 saturated carbocycles. The smallest absolute Gasteiger partial charge is 0.305 e. The van der Waals surface area contributed by atoms with E-state index in [1.807, 2.05) is 44.2 Å². The minimum Gasteiger partial charge on any atom is -0.481 e. The number of carbonyl (C=O) groups excluding carboxylic acids is 1. The van der Waals surface area contributed by atoms with Gasteiger partial charge in [0.05, 0.1) is 12.8 Å². The van der Waals surface area contributed by atoms with E-state index < -0.39 is 5.97 Å². The third-order valence-corrected chi connectivity index (χ3v) is 3.21. The van der Waals surface area contributed by atoms with E-state index >= 15 is 0 Å². The first-order chi connectivity index (χ1) is 9.04. The number of carbonyl (C=O) groups is 2. The van der Waals surface area contributed by atoms with Crippen LogP contribution in [0.1, 0.15) is 32.3 Å². The van der Waals surface area contributed by atoms with E-state index in [4.69, 9.17) is 5.11 Å². The molecule has 0 saturated heterocycles. The molecule has 0 aliphatic heterocycles. The normalized spacial score (nSPS) is 11.9. The van der Waals surface area contributed by atoms with Crippen molar-refractivity contribution < 1.29 is 14.7 Å². The minimum atomic E-state index is -0.874. The average Bonchev–Trinajstić information content (AvgIpc) is 2.39. The lowest BCUT2D eigenvalue weighted by Gasteiger charge is -2.28. The lowest BCUT2D eigenvalue weighted by atomic mass is 10.1. The van der Waals surface area contributed by atoms with Gasteiger partial charge in [0.1, 0.15) is 0 Å². The zero-order valence-corrected chi connectivity index (χ0v) is 11.5. The Kier molecular flexibility index (Phi) is 6.06. The first-order valence-corrected chi connectivity index (χ1v) is 6.59. The first kappa shape index (κ1) is 15.2. The summed E-state index contributed by atoms with van der Waals surface area (Å²) in [5.74, 6) is -0.886. The van der Waals surface area contributed by atoms with E-state index in [1.165, 1.54) is 0 Å². The van der Waals surface area contributed by atoms with Crippen LogP contribution in [0.15, 0.2) is 30.3 Å². The molecule has 1 rings (SSSR count). The van der Waals surface area contributed by atoms with Gasteiger partial charge in [-0.25, -0.2) is 0 Å². The molecule has 4 nitrogen and oxygen atoms in total. The monoisotopic (exact) mass is 263 g/mol. The quantitative estimate of drug-likeness (QED) is 0.821. The molecule has 1 atom stereocenters. The summed E-state index contributed by atoms with van der Waals surface area (Å²) in [6, 6.07) is 9.58. The molecule has 1 unspecified atom stereocenters. The molecule has 0 aliphatic carbocycles. The first-order valence-electron chi connectivity index (χ1n) is 6.59. The van der Waals surface area contributed by atoms with Gasteiger partial charge in [-0.3, -0.25) is 9.59 Å². The van der Waals surface area contributed by atoms with Gasteiger partial charge >= 0.3 is 5.97 Å². The van der Waals surface area contributed by atoms with Gasteiger partial charge in [-0.2, -0.15) is 0 Å². The van der Waals surface area contributed by atoms with Gasteiger partial charge < -0.3 is 10.0 Å². The predicted octanol–water partition coefficient (Wildman–Crippen LogP) is 2.33. The Morgan fingerprint density at radius 3 is 2.42 bits per heavy atom. The zero-order chi connectivity index (χ0) is 14.3. The largest absolute Gasteiger partial charge is 0.481 e. The molecule has 0 bridgehead atoms. The van der Waals surface area contributed by atoms with Gasteiger partial charge in [0.2, 0.25) is 5.91 Å². The summed E-state index contributed by atoms with van der Waals surface area (Å²) in [7, 11) is 0. The summed E-state index contributed by atoms with van der Waals surface area (Å²) in [6.45, 7) is 4.22. The third-order valence-electron chi connectivity index (χ3n) is 3.21. The van der Waals surface area contributed by atoms with Crippen LogP contribution >= 0.6 is 0 Å². The van der Waals surface area contributed by atoms with Gasteiger partial charge in [-0.05, 0) is 18.9 Å². The van der Waals surface area contributed by atoms with Crippen molar-refractivity contribution in [3.05, 3.63) is 35.9 Å². The Balaban J connectivity index is 2.68. The maximum absolute atomic E-state index is 12.3. The highest BCUT2D eigenvalue weighted by molar-refractivity contribution is 5.79. The van der Waals surface area contributed by atoms with Gasteiger partial charge in [-0.1, -0.05) is 37.3 Å². The molecule has 0 fully saturated rings. The van der Waals surface area contributed by atoms with Crippen LogP contribution in [-0.4, -0.2) is 34.5 Å². The number of benzene rings is 1. The molecule has 1 N–H and O–H groups in total. The van der Waals surface area contributed by atoms with Gasteiger partial charge in [-0.15, -0.1) is 0 Å². The Morgan fingerprint density at radius 1 is 1.26 bits per heavy atom. The van der Waals surface area contributed by atoms with Crippen LogP contribution in [0, 0.1) is 0 Å². The Morgan fingerprint density at radius 2 is 1.89 bits per heavy atom. The number of nitrogens with zero attached hydrogens (tertiary/aromatic N) is 1. The summed E-state index contributed by atoms with van der Waals surface area (Å²) in [5.41, 5.74) is 0.955. The van der Waals surface area contributed by atoms with Crippen molar-refractivity contribution in [1.82, 2.24) is 4.90 Å². The van der Waals surface area contributed by atoms with E-state index in [0.717, 1.165) is 12.0 Å². The molecule has 0 radical (unpaired) electrons. The lowest BCUT2D eigenvalue weighted by Crippen LogP contribution is -2.40. The molecule has 1 aromatic rings. The van der Waals surface area contributed by atoms with E-state index in [1.54, 1.807) is 4.90 Å². The second kappa shape index (κ2) is 7.56. The van der Waals surface area contributed by atoms with Crippen molar-refractivity contribution in [2.24, 2.45) is 0 Å². The molecule has 1 aromatic carbocycles. The Hall–Kier alpha value is -1.84. The maximum Gasteiger partial charge on any atom is 0.305 e. The highest BCUT2D eigenvalue weighted by atomic mass is 16.4. The number of amides is 1. The molecule has 19 heavy (non-hydrogen) atoms. The lowest BCUT2D eigenvalue weighted by molar-refractivity contribution is -0.139. The number of carboxylic acids is 1. The van der Waals surface area contributed by atoms with Gasteiger partial charge in [0, 0.05) is 12.6 Å². The fourth-order valence-electron chi connectivity index (χ4n) is 1.90. The topological polar surface area (TPSA) is 57.6 Å². The van der Waals surface area contributed by atoms with Crippen LogP contribution in [-0.2, 0) is 16.0 Å². The van der Waals surface area contributed by atoms with Crippen molar-refractivity contribution in [2.45, 2.75) is 39.2 Å². The second-order valence-corrected chi connectivity index (χ2v) is 4.65. The average molecular weight is 263 g/mol. The highest BCUT2D eigenvalue weighted by Crippen LogP contribution is 2.09. The van der Waals surface area contributed by atoms with Crippen molar-refractivity contribution in [2.75, 3.05) is 6.54 Å². The fraction of sp³-hybridized carbons (Fsp3) is 0.467. The summed E-state index contributed by atoms with van der Waals surface area (Å²) in [6.07, 6.45) is 1.13. The number of carboxylic acid groups (broad SMARTS) is 1. The Labute approximate surface area is 114 Å². The van der Waals surface area contributed by atoms with Gasteiger partial charge in [0.25, 0.3) is 0 Å². The van der Waals surface area contributed by atoms with Crippen molar-refractivity contribution >= 4 is 11.9 Å². The predicted molar refractivity (Wildman–Crippen MR) is 73.9 cm³/mol. The zero-order valence-electron chi connectivity index (χ0n) is 11.5. The number of hydrogen-bond acceptors (Lipinski definition) is 2.